The first kappa shape index (κ1) is 19.5. The Morgan fingerprint density at radius 1 is 1.26 bits per heavy atom. The quantitative estimate of drug-likeness (QED) is 0.801. The van der Waals surface area contributed by atoms with Crippen molar-refractivity contribution in [2.45, 2.75) is 32.6 Å². The Hall–Kier alpha value is -2.21. The average Bonchev–Trinajstić information content (AvgIpc) is 3.16. The molecule has 144 valence electrons. The van der Waals surface area contributed by atoms with Crippen LogP contribution in [0.3, 0.4) is 0 Å². The molecular formula is C21H25FN2O2S. The van der Waals surface area contributed by atoms with Crippen LogP contribution in [0.1, 0.15) is 42.3 Å². The maximum absolute atomic E-state index is 14.0. The number of piperidine rings is 1. The van der Waals surface area contributed by atoms with Crippen molar-refractivity contribution in [1.29, 1.82) is 0 Å². The molecule has 4 nitrogen and oxygen atoms in total. The molecule has 1 aliphatic rings. The molecule has 1 saturated heterocycles. The number of likely N-dealkylation sites (tertiary alicyclic amines) is 1. The molecule has 1 N–H and O–H groups in total. The normalized spacial score (nSPS) is 17.0. The fourth-order valence-corrected chi connectivity index (χ4v) is 4.41. The second-order valence-electron chi connectivity index (χ2n) is 6.96. The van der Waals surface area contributed by atoms with E-state index >= 15 is 0 Å². The number of thiophene rings is 1. The predicted octanol–water partition coefficient (Wildman–Crippen LogP) is 4.32. The standard InChI is InChI=1S/C21H25FN2O2S/c1-2-6-20(25)23-13-15-7-5-12-24(14-15)21(26)19-11-10-18(27-19)16-8-3-4-9-17(16)22/h3-4,8-11,15H,2,5-7,12-14H2,1H3,(H,23,25)/t15-/m0/s1. The van der Waals surface area contributed by atoms with E-state index in [2.05, 4.69) is 5.32 Å². The van der Waals surface area contributed by atoms with E-state index in [1.165, 1.54) is 17.4 Å². The SMILES string of the molecule is CCCC(=O)NC[C@@H]1CCCN(C(=O)c2ccc(-c3ccccc3F)s2)C1. The number of hydrogen-bond acceptors (Lipinski definition) is 3. The molecule has 2 heterocycles. The summed E-state index contributed by atoms with van der Waals surface area (Å²) in [5.41, 5.74) is 0.525. The van der Waals surface area contributed by atoms with Crippen molar-refractivity contribution >= 4 is 23.2 Å². The van der Waals surface area contributed by atoms with E-state index < -0.39 is 0 Å². The molecule has 27 heavy (non-hydrogen) atoms. The summed E-state index contributed by atoms with van der Waals surface area (Å²) in [7, 11) is 0. The monoisotopic (exact) mass is 388 g/mol. The van der Waals surface area contributed by atoms with Crippen molar-refractivity contribution in [3.63, 3.8) is 0 Å². The first-order valence-electron chi connectivity index (χ1n) is 9.49. The number of nitrogens with zero attached hydrogens (tertiary/aromatic N) is 1. The second-order valence-corrected chi connectivity index (χ2v) is 8.04. The lowest BCUT2D eigenvalue weighted by Crippen LogP contribution is -2.43. The minimum atomic E-state index is -0.279. The Kier molecular flexibility index (Phi) is 6.61. The number of halogens is 1. The van der Waals surface area contributed by atoms with Crippen LogP contribution in [-0.2, 0) is 4.79 Å². The fraction of sp³-hybridized carbons (Fsp3) is 0.429. The second kappa shape index (κ2) is 9.13. The third kappa shape index (κ3) is 4.95. The highest BCUT2D eigenvalue weighted by Crippen LogP contribution is 2.31. The molecule has 1 fully saturated rings. The zero-order chi connectivity index (χ0) is 19.2. The summed E-state index contributed by atoms with van der Waals surface area (Å²) in [6.45, 7) is 3.98. The van der Waals surface area contributed by atoms with Crippen LogP contribution in [0.25, 0.3) is 10.4 Å². The number of nitrogens with one attached hydrogen (secondary N) is 1. The molecule has 3 rings (SSSR count). The van der Waals surface area contributed by atoms with Gasteiger partial charge in [-0.2, -0.15) is 0 Å². The lowest BCUT2D eigenvalue weighted by Gasteiger charge is -2.32. The van der Waals surface area contributed by atoms with E-state index in [4.69, 9.17) is 0 Å². The molecule has 1 aromatic carbocycles. The fourth-order valence-electron chi connectivity index (χ4n) is 3.40. The summed E-state index contributed by atoms with van der Waals surface area (Å²) in [4.78, 5) is 27.8. The minimum absolute atomic E-state index is 0.00725. The summed E-state index contributed by atoms with van der Waals surface area (Å²) < 4.78 is 14.0. The lowest BCUT2D eigenvalue weighted by atomic mass is 9.97. The Labute approximate surface area is 163 Å². The highest BCUT2D eigenvalue weighted by atomic mass is 32.1. The van der Waals surface area contributed by atoms with Crippen LogP contribution in [0.15, 0.2) is 36.4 Å². The third-order valence-corrected chi connectivity index (χ3v) is 5.93. The van der Waals surface area contributed by atoms with Crippen LogP contribution in [0.2, 0.25) is 0 Å². The number of benzene rings is 1. The summed E-state index contributed by atoms with van der Waals surface area (Å²) in [5, 5.41) is 2.97. The molecule has 0 aliphatic carbocycles. The van der Waals surface area contributed by atoms with Crippen LogP contribution < -0.4 is 5.32 Å². The number of amides is 2. The first-order chi connectivity index (χ1) is 13.1. The molecule has 0 saturated carbocycles. The van der Waals surface area contributed by atoms with Gasteiger partial charge in [0.25, 0.3) is 5.91 Å². The lowest BCUT2D eigenvalue weighted by molar-refractivity contribution is -0.121. The van der Waals surface area contributed by atoms with Crippen molar-refractivity contribution in [3.8, 4) is 10.4 Å². The van der Waals surface area contributed by atoms with E-state index in [9.17, 15) is 14.0 Å². The molecule has 1 atom stereocenters. The van der Waals surface area contributed by atoms with Gasteiger partial charge in [-0.05, 0) is 43.4 Å². The average molecular weight is 389 g/mol. The van der Waals surface area contributed by atoms with Gasteiger partial charge in [-0.15, -0.1) is 11.3 Å². The van der Waals surface area contributed by atoms with Gasteiger partial charge in [0.1, 0.15) is 5.82 Å². The van der Waals surface area contributed by atoms with Gasteiger partial charge in [-0.1, -0.05) is 25.1 Å². The summed E-state index contributed by atoms with van der Waals surface area (Å²) in [5.74, 6) is 0.0784. The highest BCUT2D eigenvalue weighted by Gasteiger charge is 2.26. The number of carbonyl (C=O) groups is 2. The molecular weight excluding hydrogens is 363 g/mol. The zero-order valence-corrected chi connectivity index (χ0v) is 16.4. The highest BCUT2D eigenvalue weighted by molar-refractivity contribution is 7.17. The Morgan fingerprint density at radius 2 is 2.07 bits per heavy atom. The molecule has 1 aliphatic heterocycles. The Bertz CT molecular complexity index is 805. The van der Waals surface area contributed by atoms with Gasteiger partial charge in [0.05, 0.1) is 4.88 Å². The molecule has 0 unspecified atom stereocenters. The number of carbonyl (C=O) groups excluding carboxylic acids is 2. The van der Waals surface area contributed by atoms with Gasteiger partial charge in [-0.3, -0.25) is 9.59 Å². The van der Waals surface area contributed by atoms with Gasteiger partial charge < -0.3 is 10.2 Å². The predicted molar refractivity (Wildman–Crippen MR) is 106 cm³/mol. The van der Waals surface area contributed by atoms with Crippen molar-refractivity contribution in [2.24, 2.45) is 5.92 Å². The number of rotatable bonds is 6. The molecule has 1 aromatic heterocycles. The largest absolute Gasteiger partial charge is 0.356 e. The Balaban J connectivity index is 1.62. The van der Waals surface area contributed by atoms with Crippen LogP contribution >= 0.6 is 11.3 Å². The van der Waals surface area contributed by atoms with Crippen LogP contribution in [0.5, 0.6) is 0 Å². The maximum Gasteiger partial charge on any atom is 0.263 e. The first-order valence-corrected chi connectivity index (χ1v) is 10.3. The summed E-state index contributed by atoms with van der Waals surface area (Å²) in [6.07, 6.45) is 3.33. The van der Waals surface area contributed by atoms with Gasteiger partial charge in [-0.25, -0.2) is 4.39 Å². The van der Waals surface area contributed by atoms with Crippen LogP contribution in [-0.4, -0.2) is 36.3 Å². The maximum atomic E-state index is 14.0. The van der Waals surface area contributed by atoms with Crippen molar-refractivity contribution in [1.82, 2.24) is 10.2 Å². The van der Waals surface area contributed by atoms with Crippen molar-refractivity contribution in [3.05, 3.63) is 47.1 Å². The van der Waals surface area contributed by atoms with E-state index in [1.807, 2.05) is 17.9 Å². The van der Waals surface area contributed by atoms with E-state index in [0.717, 1.165) is 30.7 Å². The molecule has 2 amide bonds. The topological polar surface area (TPSA) is 49.4 Å². The molecule has 0 bridgehead atoms. The number of hydrogen-bond donors (Lipinski definition) is 1. The molecule has 6 heteroatoms. The van der Waals surface area contributed by atoms with E-state index in [-0.39, 0.29) is 23.5 Å². The van der Waals surface area contributed by atoms with Crippen LogP contribution in [0.4, 0.5) is 4.39 Å². The minimum Gasteiger partial charge on any atom is -0.356 e. The van der Waals surface area contributed by atoms with Crippen molar-refractivity contribution in [2.75, 3.05) is 19.6 Å². The Morgan fingerprint density at radius 3 is 2.85 bits per heavy atom. The van der Waals surface area contributed by atoms with E-state index in [0.29, 0.717) is 30.0 Å². The summed E-state index contributed by atoms with van der Waals surface area (Å²) in [6, 6.07) is 10.2. The summed E-state index contributed by atoms with van der Waals surface area (Å²) >= 11 is 1.33. The van der Waals surface area contributed by atoms with E-state index in [1.54, 1.807) is 24.3 Å². The van der Waals surface area contributed by atoms with Gasteiger partial charge in [0, 0.05) is 36.5 Å². The molecule has 2 aromatic rings. The van der Waals surface area contributed by atoms with Gasteiger partial charge >= 0.3 is 0 Å². The third-order valence-electron chi connectivity index (χ3n) is 4.83. The zero-order valence-electron chi connectivity index (χ0n) is 15.5. The van der Waals surface area contributed by atoms with Crippen molar-refractivity contribution < 1.29 is 14.0 Å². The van der Waals surface area contributed by atoms with Gasteiger partial charge in [0.15, 0.2) is 0 Å². The van der Waals surface area contributed by atoms with Crippen LogP contribution in [0, 0.1) is 11.7 Å². The molecule has 0 radical (unpaired) electrons. The molecule has 0 spiro atoms. The smallest absolute Gasteiger partial charge is 0.263 e. The van der Waals surface area contributed by atoms with Gasteiger partial charge in [0.2, 0.25) is 5.91 Å².